The molecular weight excluding hydrogens is 1050 g/mol. The smallest absolute Gasteiger partial charge is 0.252 e. The summed E-state index contributed by atoms with van der Waals surface area (Å²) in [5.74, 6) is 0. The molecule has 19 rings (SSSR count). The van der Waals surface area contributed by atoms with Crippen LogP contribution in [0.2, 0.25) is 0 Å². The van der Waals surface area contributed by atoms with Crippen molar-refractivity contribution in [3.63, 3.8) is 0 Å². The molecule has 0 amide bonds. The van der Waals surface area contributed by atoms with Crippen molar-refractivity contribution in [2.45, 2.75) is 0 Å². The largest absolute Gasteiger partial charge is 0.312 e. The van der Waals surface area contributed by atoms with Gasteiger partial charge < -0.3 is 29.4 Å². The number of nitrogens with zero attached hydrogens (tertiary/aromatic N) is 6. The highest BCUT2D eigenvalue weighted by molar-refractivity contribution is 7.05. The summed E-state index contributed by atoms with van der Waals surface area (Å²) >= 11 is 0. The van der Waals surface area contributed by atoms with Crippen molar-refractivity contribution in [3.8, 4) is 0 Å². The molecule has 0 spiro atoms. The van der Waals surface area contributed by atoms with Crippen LogP contribution in [0.25, 0.3) is 0 Å². The van der Waals surface area contributed by atoms with Gasteiger partial charge in [-0.1, -0.05) is 182 Å². The minimum atomic E-state index is -0.150. The van der Waals surface area contributed by atoms with Crippen LogP contribution in [0.5, 0.6) is 0 Å². The predicted molar refractivity (Wildman–Crippen MR) is 369 cm³/mol. The first-order chi connectivity index (χ1) is 43.2. The monoisotopic (exact) mass is 1100 g/mol. The first-order valence-electron chi connectivity index (χ1n) is 30.3. The zero-order valence-corrected chi connectivity index (χ0v) is 47.4. The number of benzene rings is 13. The van der Waals surface area contributed by atoms with Crippen LogP contribution < -0.4 is 78.6 Å². The number of rotatable bonds is 7. The Hall–Kier alpha value is -11.1. The molecule has 13 aromatic carbocycles. The fourth-order valence-electron chi connectivity index (χ4n) is 15.8. The van der Waals surface area contributed by atoms with Crippen molar-refractivity contribution >= 4 is 172 Å². The van der Waals surface area contributed by atoms with E-state index in [2.05, 4.69) is 339 Å². The summed E-state index contributed by atoms with van der Waals surface area (Å²) in [7, 11) is 0. The van der Waals surface area contributed by atoms with Crippen LogP contribution in [0.3, 0.4) is 0 Å². The highest BCUT2D eigenvalue weighted by atomic mass is 15.2. The number of fused-ring (bicyclic) bond motifs is 14. The fourth-order valence-corrected chi connectivity index (χ4v) is 15.8. The quantitative estimate of drug-likeness (QED) is 0.147. The van der Waals surface area contributed by atoms with Gasteiger partial charge in [0.25, 0.3) is 20.1 Å². The number of hydrogen-bond acceptors (Lipinski definition) is 6. The zero-order chi connectivity index (χ0) is 56.8. The molecule has 0 saturated carbocycles. The van der Waals surface area contributed by atoms with Gasteiger partial charge in [0.05, 0.1) is 5.69 Å². The number of hydrogen-bond donors (Lipinski definition) is 0. The zero-order valence-electron chi connectivity index (χ0n) is 47.4. The van der Waals surface area contributed by atoms with Gasteiger partial charge in [-0.25, -0.2) is 0 Å². The van der Waals surface area contributed by atoms with Crippen molar-refractivity contribution in [1.29, 1.82) is 0 Å². The Morgan fingerprint density at radius 3 is 0.839 bits per heavy atom. The average molecular weight is 1100 g/mol. The highest BCUT2D eigenvalue weighted by Crippen LogP contribution is 2.53. The topological polar surface area (TPSA) is 19.4 Å². The molecule has 0 N–H and O–H groups in total. The van der Waals surface area contributed by atoms with Crippen LogP contribution in [0, 0.1) is 0 Å². The lowest BCUT2D eigenvalue weighted by molar-refractivity contribution is 1.22. The normalized spacial score (nSPS) is 13.8. The van der Waals surface area contributed by atoms with Gasteiger partial charge in [-0.15, -0.1) is 0 Å². The molecular formula is C78H51B3N6. The average Bonchev–Trinajstić information content (AvgIpc) is 0.766. The lowest BCUT2D eigenvalue weighted by Crippen LogP contribution is -2.69. The number of anilines is 18. The van der Waals surface area contributed by atoms with Gasteiger partial charge in [0.1, 0.15) is 0 Å². The van der Waals surface area contributed by atoms with E-state index >= 15 is 0 Å². The first-order valence-corrected chi connectivity index (χ1v) is 30.3. The second kappa shape index (κ2) is 18.7. The van der Waals surface area contributed by atoms with Gasteiger partial charge in [-0.3, -0.25) is 0 Å². The van der Waals surface area contributed by atoms with Crippen LogP contribution in [-0.2, 0) is 0 Å². The summed E-state index contributed by atoms with van der Waals surface area (Å²) < 4.78 is 0. The molecule has 0 unspecified atom stereocenters. The van der Waals surface area contributed by atoms with Crippen molar-refractivity contribution < 1.29 is 0 Å². The van der Waals surface area contributed by atoms with Crippen LogP contribution in [0.1, 0.15) is 0 Å². The SMILES string of the molecule is c1ccc(N(c2ccccc2)c2cc3c4c(c2)N(c2ccccc2)c2cc5c(cc2B4c2ccccc2N3c2ccccc2)N(c2ccccc2)c2cc3c4c6c2B5c2ccccc2N6c2ccccc2B4c2ccccc2N3c2ccccc2)cc1. The summed E-state index contributed by atoms with van der Waals surface area (Å²) in [5.41, 5.74) is 32.5. The maximum Gasteiger partial charge on any atom is 0.252 e. The molecule has 6 nitrogen and oxygen atoms in total. The molecule has 0 bridgehead atoms. The van der Waals surface area contributed by atoms with Gasteiger partial charge in [0.15, 0.2) is 0 Å². The molecule has 0 aromatic heterocycles. The molecule has 6 aliphatic heterocycles. The maximum absolute atomic E-state index is 2.64. The van der Waals surface area contributed by atoms with E-state index in [-0.39, 0.29) is 20.1 Å². The van der Waals surface area contributed by atoms with E-state index in [1.807, 2.05) is 0 Å². The van der Waals surface area contributed by atoms with E-state index in [4.69, 9.17) is 0 Å². The summed E-state index contributed by atoms with van der Waals surface area (Å²) in [4.78, 5) is 15.3. The summed E-state index contributed by atoms with van der Waals surface area (Å²) in [6.45, 7) is -0.296. The van der Waals surface area contributed by atoms with Crippen molar-refractivity contribution in [2.24, 2.45) is 0 Å². The second-order valence-corrected chi connectivity index (χ2v) is 23.5. The van der Waals surface area contributed by atoms with Crippen LogP contribution in [0.15, 0.2) is 309 Å². The summed E-state index contributed by atoms with van der Waals surface area (Å²) in [5, 5.41) is 0. The van der Waals surface area contributed by atoms with E-state index in [1.54, 1.807) is 0 Å². The second-order valence-electron chi connectivity index (χ2n) is 23.5. The van der Waals surface area contributed by atoms with Gasteiger partial charge in [0.2, 0.25) is 0 Å². The van der Waals surface area contributed by atoms with Crippen molar-refractivity contribution in [3.05, 3.63) is 309 Å². The van der Waals surface area contributed by atoms with Crippen molar-refractivity contribution in [1.82, 2.24) is 0 Å². The fraction of sp³-hybridized carbons (Fsp3) is 0. The van der Waals surface area contributed by atoms with Crippen LogP contribution in [-0.4, -0.2) is 20.1 Å². The van der Waals surface area contributed by atoms with Crippen molar-refractivity contribution in [2.75, 3.05) is 29.4 Å². The van der Waals surface area contributed by atoms with Gasteiger partial charge in [-0.05, 0) is 177 Å². The molecule has 6 heterocycles. The molecule has 402 valence electrons. The number of para-hydroxylation sites is 10. The standard InChI is InChI=1S/C78H51B3N6/c1-7-27-52(28-8-1)82(53-29-9-2-10-30-53)58-47-71-75-72(48-58)85(56-35-15-5-16-36-56)69-50-64-70(49-63(69)80(75)60-40-20-24-44-66(60)83(71)54-31-11-3-12-32-54)86(57-37-17-6-18-38-57)74-51-73-76-78-77(74)81(64)62-42-22-26-46-68(62)87(78)67-45-25-21-41-61(67)79(76)59-39-19-23-43-65(59)84(73)55-33-13-4-14-34-55/h1-51H. The minimum Gasteiger partial charge on any atom is -0.312 e. The molecule has 9 heteroatoms. The molecule has 0 atom stereocenters. The minimum absolute atomic E-state index is 0.00782. The molecule has 0 aliphatic carbocycles. The first kappa shape index (κ1) is 48.3. The molecule has 13 aromatic rings. The maximum atomic E-state index is 2.64. The van der Waals surface area contributed by atoms with E-state index in [1.165, 1.54) is 100 Å². The Bertz CT molecular complexity index is 4890. The third kappa shape index (κ3) is 6.85. The van der Waals surface area contributed by atoms with Gasteiger partial charge in [-0.2, -0.15) is 0 Å². The Kier molecular flexibility index (Phi) is 10.4. The Balaban J connectivity index is 0.946. The third-order valence-electron chi connectivity index (χ3n) is 19.1. The van der Waals surface area contributed by atoms with Gasteiger partial charge in [0, 0.05) is 96.7 Å². The molecule has 0 radical (unpaired) electrons. The Morgan fingerprint density at radius 1 is 0.195 bits per heavy atom. The van der Waals surface area contributed by atoms with E-state index < -0.39 is 0 Å². The predicted octanol–water partition coefficient (Wildman–Crippen LogP) is 13.9. The Labute approximate surface area is 507 Å². The van der Waals surface area contributed by atoms with Crippen LogP contribution in [0.4, 0.5) is 102 Å². The van der Waals surface area contributed by atoms with E-state index in [9.17, 15) is 0 Å². The summed E-state index contributed by atoms with van der Waals surface area (Å²) in [6, 6.07) is 115. The molecule has 87 heavy (non-hydrogen) atoms. The molecule has 0 fully saturated rings. The highest BCUT2D eigenvalue weighted by Gasteiger charge is 2.53. The van der Waals surface area contributed by atoms with Gasteiger partial charge >= 0.3 is 0 Å². The van der Waals surface area contributed by atoms with Crippen LogP contribution >= 0.6 is 0 Å². The van der Waals surface area contributed by atoms with E-state index in [0.29, 0.717) is 0 Å². The lowest BCUT2D eigenvalue weighted by atomic mass is 9.28. The van der Waals surface area contributed by atoms with E-state index in [0.717, 1.165) is 51.2 Å². The third-order valence-corrected chi connectivity index (χ3v) is 19.1. The molecule has 0 saturated heterocycles. The lowest BCUT2D eigenvalue weighted by Gasteiger charge is -2.51. The Morgan fingerprint density at radius 2 is 0.471 bits per heavy atom. The summed E-state index contributed by atoms with van der Waals surface area (Å²) in [6.07, 6.45) is 0. The molecule has 6 aliphatic rings.